The highest BCUT2D eigenvalue weighted by Gasteiger charge is 2.32. The topological polar surface area (TPSA) is 29.3 Å². The van der Waals surface area contributed by atoms with Gasteiger partial charge in [-0.1, -0.05) is 28.1 Å². The zero-order valence-corrected chi connectivity index (χ0v) is 12.5. The second kappa shape index (κ2) is 4.94. The first-order valence-corrected chi connectivity index (χ1v) is 7.13. The number of nitrogen functional groups attached to an aromatic ring is 1. The highest BCUT2D eigenvalue weighted by molar-refractivity contribution is 9.10. The van der Waals surface area contributed by atoms with Gasteiger partial charge in [0.15, 0.2) is 0 Å². The summed E-state index contributed by atoms with van der Waals surface area (Å²) in [7, 11) is 0. The zero-order chi connectivity index (χ0) is 15.2. The molecule has 2 aromatic rings. The van der Waals surface area contributed by atoms with Gasteiger partial charge in [-0.25, -0.2) is 0 Å². The predicted octanol–water partition coefficient (Wildman–Crippen LogP) is 4.57. The summed E-state index contributed by atoms with van der Waals surface area (Å²) in [4.78, 5) is 1.89. The van der Waals surface area contributed by atoms with Crippen LogP contribution in [0.1, 0.15) is 16.7 Å². The SMILES string of the molecule is Nc1cccc2c1CN(c1cc(Br)cc(C(F)(F)F)c1)C2. The molecule has 2 aromatic carbocycles. The number of hydrogen-bond donors (Lipinski definition) is 1. The van der Waals surface area contributed by atoms with E-state index in [0.29, 0.717) is 28.9 Å². The second-order valence-electron chi connectivity index (χ2n) is 5.04. The lowest BCUT2D eigenvalue weighted by Gasteiger charge is -2.20. The van der Waals surface area contributed by atoms with E-state index >= 15 is 0 Å². The van der Waals surface area contributed by atoms with Crippen molar-refractivity contribution in [3.05, 3.63) is 57.6 Å². The summed E-state index contributed by atoms with van der Waals surface area (Å²) < 4.78 is 39.1. The maximum atomic E-state index is 12.9. The maximum absolute atomic E-state index is 12.9. The van der Waals surface area contributed by atoms with Gasteiger partial charge < -0.3 is 10.6 Å². The van der Waals surface area contributed by atoms with Gasteiger partial charge in [-0.2, -0.15) is 13.2 Å². The monoisotopic (exact) mass is 356 g/mol. The van der Waals surface area contributed by atoms with Gasteiger partial charge in [-0.3, -0.25) is 0 Å². The van der Waals surface area contributed by atoms with Crippen LogP contribution in [0.15, 0.2) is 40.9 Å². The molecule has 0 spiro atoms. The normalized spacial score (nSPS) is 14.4. The standard InChI is InChI=1S/C15H12BrF3N2/c16-11-4-10(15(17,18)19)5-12(6-11)21-7-9-2-1-3-14(20)13(9)8-21/h1-6H,7-8,20H2. The number of hydrogen-bond acceptors (Lipinski definition) is 2. The fourth-order valence-corrected chi connectivity index (χ4v) is 3.03. The van der Waals surface area contributed by atoms with Gasteiger partial charge in [0.25, 0.3) is 0 Å². The molecule has 0 atom stereocenters. The van der Waals surface area contributed by atoms with Crippen molar-refractivity contribution < 1.29 is 13.2 Å². The van der Waals surface area contributed by atoms with E-state index in [9.17, 15) is 13.2 Å². The van der Waals surface area contributed by atoms with Crippen molar-refractivity contribution in [3.63, 3.8) is 0 Å². The van der Waals surface area contributed by atoms with Crippen LogP contribution in [0.25, 0.3) is 0 Å². The Hall–Kier alpha value is -1.69. The van der Waals surface area contributed by atoms with Gasteiger partial charge >= 0.3 is 6.18 Å². The minimum Gasteiger partial charge on any atom is -0.398 e. The van der Waals surface area contributed by atoms with Crippen LogP contribution in [-0.2, 0) is 19.3 Å². The van der Waals surface area contributed by atoms with E-state index in [1.54, 1.807) is 6.07 Å². The van der Waals surface area contributed by atoms with Crippen LogP contribution >= 0.6 is 15.9 Å². The molecule has 2 nitrogen and oxygen atoms in total. The van der Waals surface area contributed by atoms with Gasteiger partial charge in [0.2, 0.25) is 0 Å². The van der Waals surface area contributed by atoms with E-state index in [4.69, 9.17) is 5.73 Å². The molecule has 110 valence electrons. The van der Waals surface area contributed by atoms with Crippen LogP contribution in [0.2, 0.25) is 0 Å². The van der Waals surface area contributed by atoms with Crippen LogP contribution in [0.4, 0.5) is 24.5 Å². The van der Waals surface area contributed by atoms with Crippen molar-refractivity contribution in [2.45, 2.75) is 19.3 Å². The Morgan fingerprint density at radius 1 is 1.10 bits per heavy atom. The molecule has 0 aliphatic carbocycles. The van der Waals surface area contributed by atoms with E-state index in [1.807, 2.05) is 23.1 Å². The first kappa shape index (κ1) is 14.3. The van der Waals surface area contributed by atoms with E-state index in [1.165, 1.54) is 6.07 Å². The highest BCUT2D eigenvalue weighted by Crippen LogP contribution is 2.37. The lowest BCUT2D eigenvalue weighted by Crippen LogP contribution is -2.16. The number of benzene rings is 2. The third kappa shape index (κ3) is 2.72. The molecule has 0 aromatic heterocycles. The number of nitrogens with zero attached hydrogens (tertiary/aromatic N) is 1. The first-order valence-electron chi connectivity index (χ1n) is 6.33. The molecule has 2 N–H and O–H groups in total. The summed E-state index contributed by atoms with van der Waals surface area (Å²) in [5, 5.41) is 0. The average Bonchev–Trinajstić information content (AvgIpc) is 2.82. The van der Waals surface area contributed by atoms with Crippen LogP contribution in [0.3, 0.4) is 0 Å². The zero-order valence-electron chi connectivity index (χ0n) is 10.9. The van der Waals surface area contributed by atoms with Crippen LogP contribution in [0, 0.1) is 0 Å². The van der Waals surface area contributed by atoms with Crippen LogP contribution < -0.4 is 10.6 Å². The van der Waals surface area contributed by atoms with Crippen molar-refractivity contribution in [3.8, 4) is 0 Å². The van der Waals surface area contributed by atoms with E-state index in [-0.39, 0.29) is 0 Å². The Kier molecular flexibility index (Phi) is 3.36. The molecule has 0 bridgehead atoms. The van der Waals surface area contributed by atoms with Crippen LogP contribution in [-0.4, -0.2) is 0 Å². The first-order chi connectivity index (χ1) is 9.84. The van der Waals surface area contributed by atoms with Gasteiger partial charge in [-0.05, 0) is 35.4 Å². The molecule has 1 heterocycles. The van der Waals surface area contributed by atoms with Gasteiger partial charge in [-0.15, -0.1) is 0 Å². The number of rotatable bonds is 1. The predicted molar refractivity (Wildman–Crippen MR) is 79.9 cm³/mol. The van der Waals surface area contributed by atoms with Gasteiger partial charge in [0.05, 0.1) is 5.56 Å². The Balaban J connectivity index is 1.97. The molecule has 0 amide bonds. The number of halogens is 4. The summed E-state index contributed by atoms with van der Waals surface area (Å²) in [5.41, 5.74) is 8.54. The summed E-state index contributed by atoms with van der Waals surface area (Å²) in [6, 6.07) is 9.57. The lowest BCUT2D eigenvalue weighted by atomic mass is 10.1. The molecular formula is C15H12BrF3N2. The van der Waals surface area contributed by atoms with Crippen LogP contribution in [0.5, 0.6) is 0 Å². The molecule has 0 saturated heterocycles. The third-order valence-corrected chi connectivity index (χ3v) is 4.05. The smallest absolute Gasteiger partial charge is 0.398 e. The Morgan fingerprint density at radius 2 is 1.86 bits per heavy atom. The fraction of sp³-hybridized carbons (Fsp3) is 0.200. The van der Waals surface area contributed by atoms with Crippen molar-refractivity contribution >= 4 is 27.3 Å². The molecule has 1 aliphatic heterocycles. The molecule has 1 aliphatic rings. The van der Waals surface area contributed by atoms with E-state index < -0.39 is 11.7 Å². The molecule has 0 unspecified atom stereocenters. The minimum absolute atomic E-state index is 0.413. The Morgan fingerprint density at radius 3 is 2.52 bits per heavy atom. The van der Waals surface area contributed by atoms with Crippen molar-refractivity contribution in [1.82, 2.24) is 0 Å². The number of fused-ring (bicyclic) bond motifs is 1. The average molecular weight is 357 g/mol. The van der Waals surface area contributed by atoms with Gasteiger partial charge in [0.1, 0.15) is 0 Å². The van der Waals surface area contributed by atoms with Gasteiger partial charge in [0, 0.05) is 28.9 Å². The summed E-state index contributed by atoms with van der Waals surface area (Å²) >= 11 is 3.15. The molecule has 0 saturated carbocycles. The molecule has 3 rings (SSSR count). The quantitative estimate of drug-likeness (QED) is 0.758. The maximum Gasteiger partial charge on any atom is 0.416 e. The lowest BCUT2D eigenvalue weighted by molar-refractivity contribution is -0.137. The largest absolute Gasteiger partial charge is 0.416 e. The van der Waals surface area contributed by atoms with Crippen molar-refractivity contribution in [1.29, 1.82) is 0 Å². The number of anilines is 2. The molecule has 0 radical (unpaired) electrons. The highest BCUT2D eigenvalue weighted by atomic mass is 79.9. The molecule has 21 heavy (non-hydrogen) atoms. The Bertz CT molecular complexity index is 698. The van der Waals surface area contributed by atoms with Crippen molar-refractivity contribution in [2.24, 2.45) is 0 Å². The minimum atomic E-state index is -4.36. The number of alkyl halides is 3. The number of nitrogens with two attached hydrogens (primary N) is 1. The third-order valence-electron chi connectivity index (χ3n) is 3.59. The van der Waals surface area contributed by atoms with Crippen molar-refractivity contribution in [2.75, 3.05) is 10.6 Å². The summed E-state index contributed by atoms with van der Waals surface area (Å²) in [6.07, 6.45) is -4.36. The molecule has 0 fully saturated rings. The second-order valence-corrected chi connectivity index (χ2v) is 5.95. The fourth-order valence-electron chi connectivity index (χ4n) is 2.55. The molecular weight excluding hydrogens is 345 g/mol. The summed E-state index contributed by atoms with van der Waals surface area (Å²) in [5.74, 6) is 0. The Labute approximate surface area is 128 Å². The van der Waals surface area contributed by atoms with E-state index in [2.05, 4.69) is 15.9 Å². The summed E-state index contributed by atoms with van der Waals surface area (Å²) in [6.45, 7) is 1.09. The van der Waals surface area contributed by atoms with E-state index in [0.717, 1.165) is 17.2 Å². The molecule has 6 heteroatoms.